The summed E-state index contributed by atoms with van der Waals surface area (Å²) in [7, 11) is 0. The number of nitro groups is 1. The number of hydrogen-bond acceptors (Lipinski definition) is 6. The summed E-state index contributed by atoms with van der Waals surface area (Å²) in [6.45, 7) is 6.79. The number of alkyl carbamates (subject to hydrolysis) is 1. The molecule has 1 aromatic carbocycles. The number of carbonyl (C=O) groups excluding carboxylic acids is 1. The molecule has 0 aliphatic carbocycles. The molecule has 8 nitrogen and oxygen atoms in total. The van der Waals surface area contributed by atoms with E-state index in [2.05, 4.69) is 15.2 Å². The highest BCUT2D eigenvalue weighted by Gasteiger charge is 2.28. The Bertz CT molecular complexity index is 847. The number of pyridine rings is 1. The Labute approximate surface area is 151 Å². The van der Waals surface area contributed by atoms with Gasteiger partial charge in [0.05, 0.1) is 22.0 Å². The molecule has 1 aromatic heterocycles. The number of nitrogens with one attached hydrogen (secondary N) is 1. The SMILES string of the molecule is CC(C)(C)OC(=O)NC1CCN(c2ccc([N+](=O)[O-])c3cccnc23)C1. The Morgan fingerprint density at radius 1 is 1.38 bits per heavy atom. The molecule has 26 heavy (non-hydrogen) atoms. The molecule has 2 aromatic rings. The third-order valence-corrected chi connectivity index (χ3v) is 4.17. The second kappa shape index (κ2) is 6.78. The topological polar surface area (TPSA) is 97.6 Å². The summed E-state index contributed by atoms with van der Waals surface area (Å²) in [5.74, 6) is 0. The van der Waals surface area contributed by atoms with Gasteiger partial charge in [-0.05, 0) is 45.4 Å². The van der Waals surface area contributed by atoms with Crippen molar-refractivity contribution < 1.29 is 14.5 Å². The molecular weight excluding hydrogens is 336 g/mol. The van der Waals surface area contributed by atoms with E-state index in [1.807, 2.05) is 20.8 Å². The average molecular weight is 358 g/mol. The fourth-order valence-electron chi connectivity index (χ4n) is 3.13. The molecule has 1 unspecified atom stereocenters. The predicted molar refractivity (Wildman–Crippen MR) is 98.4 cm³/mol. The van der Waals surface area contributed by atoms with Crippen LogP contribution >= 0.6 is 0 Å². The Kier molecular flexibility index (Phi) is 4.67. The lowest BCUT2D eigenvalue weighted by Gasteiger charge is -2.23. The maximum atomic E-state index is 12.0. The molecule has 0 radical (unpaired) electrons. The lowest BCUT2D eigenvalue weighted by atomic mass is 10.1. The zero-order valence-electron chi connectivity index (χ0n) is 15.1. The van der Waals surface area contributed by atoms with Crippen LogP contribution in [0.4, 0.5) is 16.2 Å². The van der Waals surface area contributed by atoms with Crippen LogP contribution in [0.25, 0.3) is 10.9 Å². The van der Waals surface area contributed by atoms with Crippen LogP contribution in [-0.4, -0.2) is 40.7 Å². The van der Waals surface area contributed by atoms with Crippen molar-refractivity contribution in [2.75, 3.05) is 18.0 Å². The molecule has 2 heterocycles. The van der Waals surface area contributed by atoms with E-state index < -0.39 is 16.6 Å². The zero-order valence-corrected chi connectivity index (χ0v) is 15.1. The van der Waals surface area contributed by atoms with Gasteiger partial charge in [-0.15, -0.1) is 0 Å². The van der Waals surface area contributed by atoms with Crippen LogP contribution in [0.5, 0.6) is 0 Å². The highest BCUT2D eigenvalue weighted by Crippen LogP contribution is 2.33. The Morgan fingerprint density at radius 3 is 2.85 bits per heavy atom. The van der Waals surface area contributed by atoms with E-state index >= 15 is 0 Å². The Morgan fingerprint density at radius 2 is 2.15 bits per heavy atom. The number of amides is 1. The van der Waals surface area contributed by atoms with Gasteiger partial charge in [0.2, 0.25) is 0 Å². The third kappa shape index (κ3) is 3.84. The smallest absolute Gasteiger partial charge is 0.407 e. The van der Waals surface area contributed by atoms with Crippen molar-refractivity contribution in [2.45, 2.75) is 38.8 Å². The largest absolute Gasteiger partial charge is 0.444 e. The fourth-order valence-corrected chi connectivity index (χ4v) is 3.13. The minimum atomic E-state index is -0.541. The number of nitrogens with zero attached hydrogens (tertiary/aromatic N) is 3. The lowest BCUT2D eigenvalue weighted by molar-refractivity contribution is -0.383. The first-order valence-corrected chi connectivity index (χ1v) is 8.51. The highest BCUT2D eigenvalue weighted by molar-refractivity contribution is 5.97. The monoisotopic (exact) mass is 358 g/mol. The molecule has 0 spiro atoms. The molecule has 1 amide bonds. The summed E-state index contributed by atoms with van der Waals surface area (Å²) >= 11 is 0. The van der Waals surface area contributed by atoms with E-state index in [4.69, 9.17) is 4.74 Å². The van der Waals surface area contributed by atoms with Crippen LogP contribution in [0, 0.1) is 10.1 Å². The predicted octanol–water partition coefficient (Wildman–Crippen LogP) is 3.25. The number of hydrogen-bond donors (Lipinski definition) is 1. The number of carbonyl (C=O) groups is 1. The Hall–Kier alpha value is -2.90. The van der Waals surface area contributed by atoms with Gasteiger partial charge >= 0.3 is 6.09 Å². The van der Waals surface area contributed by atoms with Gasteiger partial charge in [0, 0.05) is 25.4 Å². The summed E-state index contributed by atoms with van der Waals surface area (Å²) in [5, 5.41) is 14.6. The second-order valence-electron chi connectivity index (χ2n) is 7.34. The summed E-state index contributed by atoms with van der Waals surface area (Å²) in [6.07, 6.45) is 1.96. The number of ether oxygens (including phenoxy) is 1. The quantitative estimate of drug-likeness (QED) is 0.668. The van der Waals surface area contributed by atoms with Gasteiger partial charge in [-0.1, -0.05) is 0 Å². The molecule has 138 valence electrons. The van der Waals surface area contributed by atoms with Crippen LogP contribution < -0.4 is 10.2 Å². The summed E-state index contributed by atoms with van der Waals surface area (Å²) in [5.41, 5.74) is 0.930. The van der Waals surface area contributed by atoms with Gasteiger partial charge < -0.3 is 15.0 Å². The third-order valence-electron chi connectivity index (χ3n) is 4.17. The molecule has 1 atom stereocenters. The summed E-state index contributed by atoms with van der Waals surface area (Å²) in [4.78, 5) is 29.2. The number of non-ortho nitro benzene ring substituents is 1. The van der Waals surface area contributed by atoms with Gasteiger partial charge in [0.25, 0.3) is 5.69 Å². The van der Waals surface area contributed by atoms with Crippen molar-refractivity contribution in [1.29, 1.82) is 0 Å². The highest BCUT2D eigenvalue weighted by atomic mass is 16.6. The molecule has 3 rings (SSSR count). The number of aromatic nitrogens is 1. The molecule has 1 N–H and O–H groups in total. The molecule has 1 aliphatic heterocycles. The van der Waals surface area contributed by atoms with Crippen LogP contribution in [0.3, 0.4) is 0 Å². The summed E-state index contributed by atoms with van der Waals surface area (Å²) in [6, 6.07) is 6.59. The van der Waals surface area contributed by atoms with Crippen LogP contribution in [-0.2, 0) is 4.74 Å². The normalized spacial score (nSPS) is 17.3. The van der Waals surface area contributed by atoms with Gasteiger partial charge in [0.1, 0.15) is 11.1 Å². The number of rotatable bonds is 3. The standard InChI is InChI=1S/C18H22N4O4/c1-18(2,3)26-17(23)20-12-8-10-21(11-12)15-7-6-14(22(24)25)13-5-4-9-19-16(13)15/h4-7,9,12H,8,10-11H2,1-3H3,(H,20,23). The van der Waals surface area contributed by atoms with Crippen molar-refractivity contribution >= 4 is 28.4 Å². The zero-order chi connectivity index (χ0) is 18.9. The molecule has 1 fully saturated rings. The van der Waals surface area contributed by atoms with Crippen LogP contribution in [0.2, 0.25) is 0 Å². The van der Waals surface area contributed by atoms with Crippen molar-refractivity contribution in [3.05, 3.63) is 40.6 Å². The first-order chi connectivity index (χ1) is 12.2. The molecule has 8 heteroatoms. The van der Waals surface area contributed by atoms with E-state index in [1.165, 1.54) is 6.07 Å². The molecular formula is C18H22N4O4. The number of anilines is 1. The minimum Gasteiger partial charge on any atom is -0.444 e. The van der Waals surface area contributed by atoms with Crippen molar-refractivity contribution in [3.63, 3.8) is 0 Å². The molecule has 0 bridgehead atoms. The van der Waals surface area contributed by atoms with E-state index in [0.717, 1.165) is 18.7 Å². The second-order valence-corrected chi connectivity index (χ2v) is 7.34. The first kappa shape index (κ1) is 17.9. The Balaban J connectivity index is 1.78. The summed E-state index contributed by atoms with van der Waals surface area (Å²) < 4.78 is 5.30. The number of fused-ring (bicyclic) bond motifs is 1. The lowest BCUT2D eigenvalue weighted by Crippen LogP contribution is -2.40. The minimum absolute atomic E-state index is 0.0412. The number of nitro benzene ring substituents is 1. The molecule has 0 saturated carbocycles. The maximum Gasteiger partial charge on any atom is 0.407 e. The molecule has 1 aliphatic rings. The van der Waals surface area contributed by atoms with Crippen molar-refractivity contribution in [3.8, 4) is 0 Å². The van der Waals surface area contributed by atoms with E-state index in [9.17, 15) is 14.9 Å². The number of benzene rings is 1. The fraction of sp³-hybridized carbons (Fsp3) is 0.444. The van der Waals surface area contributed by atoms with E-state index in [0.29, 0.717) is 17.4 Å². The van der Waals surface area contributed by atoms with Crippen LogP contribution in [0.15, 0.2) is 30.5 Å². The van der Waals surface area contributed by atoms with Crippen molar-refractivity contribution in [2.24, 2.45) is 0 Å². The first-order valence-electron chi connectivity index (χ1n) is 8.51. The maximum absolute atomic E-state index is 12.0. The van der Waals surface area contributed by atoms with Crippen LogP contribution in [0.1, 0.15) is 27.2 Å². The van der Waals surface area contributed by atoms with Gasteiger partial charge in [-0.25, -0.2) is 4.79 Å². The van der Waals surface area contributed by atoms with E-state index in [1.54, 1.807) is 24.4 Å². The van der Waals surface area contributed by atoms with E-state index in [-0.39, 0.29) is 11.7 Å². The van der Waals surface area contributed by atoms with Gasteiger partial charge in [-0.3, -0.25) is 15.1 Å². The average Bonchev–Trinajstić information content (AvgIpc) is 2.99. The van der Waals surface area contributed by atoms with Gasteiger partial charge in [0.15, 0.2) is 0 Å². The van der Waals surface area contributed by atoms with Crippen molar-refractivity contribution in [1.82, 2.24) is 10.3 Å². The molecule has 1 saturated heterocycles. The van der Waals surface area contributed by atoms with Gasteiger partial charge in [-0.2, -0.15) is 0 Å².